The highest BCUT2D eigenvalue weighted by atomic mass is 19.1. The average molecular weight is 433 g/mol. The number of piperidine rings is 1. The molecule has 172 valence electrons. The number of aliphatic imine (C=N–C) groups is 1. The van der Waals surface area contributed by atoms with Gasteiger partial charge >= 0.3 is 0 Å². The highest BCUT2D eigenvalue weighted by Gasteiger charge is 2.23. The van der Waals surface area contributed by atoms with Gasteiger partial charge in [-0.15, -0.1) is 0 Å². The zero-order valence-electron chi connectivity index (χ0n) is 18.7. The summed E-state index contributed by atoms with van der Waals surface area (Å²) in [5, 5.41) is 3.42. The summed E-state index contributed by atoms with van der Waals surface area (Å²) in [6, 6.07) is 6.74. The minimum absolute atomic E-state index is 0.0621. The normalized spacial score (nSPS) is 19.0. The molecular weight excluding hydrogens is 395 g/mol. The zero-order valence-corrected chi connectivity index (χ0v) is 18.7. The summed E-state index contributed by atoms with van der Waals surface area (Å²) in [6.07, 6.45) is 3.95. The van der Waals surface area contributed by atoms with E-state index in [9.17, 15) is 9.18 Å². The summed E-state index contributed by atoms with van der Waals surface area (Å²) in [4.78, 5) is 23.2. The van der Waals surface area contributed by atoms with Gasteiger partial charge in [0.15, 0.2) is 5.96 Å². The van der Waals surface area contributed by atoms with Gasteiger partial charge in [-0.2, -0.15) is 0 Å². The number of halogens is 1. The van der Waals surface area contributed by atoms with Crippen molar-refractivity contribution in [2.75, 3.05) is 63.8 Å². The summed E-state index contributed by atoms with van der Waals surface area (Å²) in [5.74, 6) is 0.707. The summed E-state index contributed by atoms with van der Waals surface area (Å²) >= 11 is 0. The zero-order chi connectivity index (χ0) is 22.1. The predicted octanol–water partition coefficient (Wildman–Crippen LogP) is 1.89. The Morgan fingerprint density at radius 1 is 1.10 bits per heavy atom. The third kappa shape index (κ3) is 7.09. The number of nitrogens with zero attached hydrogens (tertiary/aromatic N) is 4. The van der Waals surface area contributed by atoms with E-state index in [1.165, 1.54) is 12.1 Å². The third-order valence-electron chi connectivity index (χ3n) is 6.24. The van der Waals surface area contributed by atoms with Crippen LogP contribution in [0.2, 0.25) is 0 Å². The Hall–Kier alpha value is -2.35. The molecule has 31 heavy (non-hydrogen) atoms. The van der Waals surface area contributed by atoms with Gasteiger partial charge in [-0.05, 0) is 76.5 Å². The van der Waals surface area contributed by atoms with Gasteiger partial charge in [0, 0.05) is 50.9 Å². The van der Waals surface area contributed by atoms with Crippen molar-refractivity contribution in [3.05, 3.63) is 30.1 Å². The number of nitrogens with one attached hydrogen (secondary N) is 1. The number of hydrogen-bond acceptors (Lipinski definition) is 4. The first kappa shape index (κ1) is 23.3. The van der Waals surface area contributed by atoms with Crippen molar-refractivity contribution < 1.29 is 9.18 Å². The van der Waals surface area contributed by atoms with Crippen LogP contribution in [0.1, 0.15) is 32.6 Å². The molecule has 0 atom stereocenters. The monoisotopic (exact) mass is 432 g/mol. The van der Waals surface area contributed by atoms with E-state index in [0.717, 1.165) is 96.2 Å². The molecule has 7 nitrogen and oxygen atoms in total. The third-order valence-corrected chi connectivity index (χ3v) is 6.24. The molecule has 3 N–H and O–H groups in total. The first-order chi connectivity index (χ1) is 15.1. The summed E-state index contributed by atoms with van der Waals surface area (Å²) in [6.45, 7) is 10.4. The topological polar surface area (TPSA) is 77.2 Å². The van der Waals surface area contributed by atoms with Gasteiger partial charge in [0.2, 0.25) is 5.91 Å². The molecule has 0 aromatic heterocycles. The van der Waals surface area contributed by atoms with Crippen molar-refractivity contribution in [1.29, 1.82) is 0 Å². The maximum absolute atomic E-state index is 13.2. The fourth-order valence-corrected chi connectivity index (χ4v) is 4.33. The van der Waals surface area contributed by atoms with Gasteiger partial charge in [-0.1, -0.05) is 0 Å². The van der Waals surface area contributed by atoms with E-state index in [0.29, 0.717) is 0 Å². The molecule has 2 aliphatic heterocycles. The number of hydrogen-bond donors (Lipinski definition) is 2. The number of benzene rings is 1. The molecule has 2 saturated heterocycles. The minimum Gasteiger partial charge on any atom is -0.369 e. The smallest absolute Gasteiger partial charge is 0.220 e. The van der Waals surface area contributed by atoms with Crippen LogP contribution in [0.15, 0.2) is 29.3 Å². The van der Waals surface area contributed by atoms with Crippen molar-refractivity contribution in [3.8, 4) is 0 Å². The lowest BCUT2D eigenvalue weighted by Crippen LogP contribution is -2.52. The van der Waals surface area contributed by atoms with Crippen molar-refractivity contribution in [3.63, 3.8) is 0 Å². The molecule has 1 amide bonds. The lowest BCUT2D eigenvalue weighted by atomic mass is 9.96. The summed E-state index contributed by atoms with van der Waals surface area (Å²) < 4.78 is 13.2. The van der Waals surface area contributed by atoms with Crippen LogP contribution in [0, 0.1) is 11.7 Å². The van der Waals surface area contributed by atoms with E-state index < -0.39 is 0 Å². The highest BCUT2D eigenvalue weighted by Crippen LogP contribution is 2.18. The number of nitrogens with two attached hydrogens (primary N) is 1. The van der Waals surface area contributed by atoms with Crippen molar-refractivity contribution in [1.82, 2.24) is 15.1 Å². The van der Waals surface area contributed by atoms with Crippen molar-refractivity contribution in [2.24, 2.45) is 16.6 Å². The minimum atomic E-state index is -0.195. The van der Waals surface area contributed by atoms with Crippen LogP contribution in [0.5, 0.6) is 0 Å². The van der Waals surface area contributed by atoms with E-state index in [-0.39, 0.29) is 17.6 Å². The molecule has 0 saturated carbocycles. The molecule has 0 bridgehead atoms. The molecule has 1 aromatic carbocycles. The fraction of sp³-hybridized carbons (Fsp3) is 0.652. The Labute approximate surface area is 185 Å². The van der Waals surface area contributed by atoms with Gasteiger partial charge in [0.1, 0.15) is 5.82 Å². The standard InChI is InChI=1S/C23H37FN6O/c1-2-26-23(27-11-3-4-12-28-13-9-19(10-14-28)22(25)31)30-17-15-29(16-18-30)21-7-5-20(24)6-8-21/h5-8,19H,2-4,9-18H2,1H3,(H2,25,31)(H,26,27). The van der Waals surface area contributed by atoms with E-state index in [2.05, 4.69) is 26.9 Å². The van der Waals surface area contributed by atoms with Crippen LogP contribution >= 0.6 is 0 Å². The molecular formula is C23H37FN6O. The second-order valence-electron chi connectivity index (χ2n) is 8.41. The summed E-state index contributed by atoms with van der Waals surface area (Å²) in [5.41, 5.74) is 6.48. The van der Waals surface area contributed by atoms with Gasteiger partial charge in [-0.3, -0.25) is 9.79 Å². The first-order valence-electron chi connectivity index (χ1n) is 11.6. The van der Waals surface area contributed by atoms with Gasteiger partial charge in [0.25, 0.3) is 0 Å². The molecule has 0 radical (unpaired) electrons. The van der Waals surface area contributed by atoms with Crippen LogP contribution in [0.25, 0.3) is 0 Å². The first-order valence-corrected chi connectivity index (χ1v) is 11.6. The van der Waals surface area contributed by atoms with Gasteiger partial charge < -0.3 is 25.8 Å². The van der Waals surface area contributed by atoms with Crippen LogP contribution in [-0.4, -0.2) is 80.6 Å². The molecule has 0 unspecified atom stereocenters. The number of likely N-dealkylation sites (tertiary alicyclic amines) is 1. The molecule has 1 aromatic rings. The Bertz CT molecular complexity index is 709. The van der Waals surface area contributed by atoms with Crippen LogP contribution in [-0.2, 0) is 4.79 Å². The highest BCUT2D eigenvalue weighted by molar-refractivity contribution is 5.80. The number of carbonyl (C=O) groups excluding carboxylic acids is 1. The van der Waals surface area contributed by atoms with Crippen molar-refractivity contribution >= 4 is 17.6 Å². The van der Waals surface area contributed by atoms with Gasteiger partial charge in [-0.25, -0.2) is 4.39 Å². The lowest BCUT2D eigenvalue weighted by Gasteiger charge is -2.37. The number of unbranched alkanes of at least 4 members (excludes halogenated alkanes) is 1. The number of piperazine rings is 1. The molecule has 2 fully saturated rings. The van der Waals surface area contributed by atoms with E-state index >= 15 is 0 Å². The van der Waals surface area contributed by atoms with E-state index in [4.69, 9.17) is 10.7 Å². The molecule has 3 rings (SSSR count). The van der Waals surface area contributed by atoms with Gasteiger partial charge in [0.05, 0.1) is 0 Å². The number of carbonyl (C=O) groups is 1. The fourth-order valence-electron chi connectivity index (χ4n) is 4.33. The summed E-state index contributed by atoms with van der Waals surface area (Å²) in [7, 11) is 0. The SMILES string of the molecule is CCNC(=NCCCCN1CCC(C(N)=O)CC1)N1CCN(c2ccc(F)cc2)CC1. The second kappa shape index (κ2) is 11.9. The molecule has 0 aliphatic carbocycles. The molecule has 2 heterocycles. The Morgan fingerprint density at radius 3 is 2.39 bits per heavy atom. The second-order valence-corrected chi connectivity index (χ2v) is 8.41. The predicted molar refractivity (Wildman–Crippen MR) is 124 cm³/mol. The largest absolute Gasteiger partial charge is 0.369 e. The molecule has 0 spiro atoms. The molecule has 2 aliphatic rings. The number of primary amides is 1. The number of amides is 1. The number of anilines is 1. The maximum Gasteiger partial charge on any atom is 0.220 e. The Morgan fingerprint density at radius 2 is 1.77 bits per heavy atom. The quantitative estimate of drug-likeness (QED) is 0.373. The average Bonchev–Trinajstić information content (AvgIpc) is 2.79. The van der Waals surface area contributed by atoms with Crippen molar-refractivity contribution in [2.45, 2.75) is 32.6 Å². The lowest BCUT2D eigenvalue weighted by molar-refractivity contribution is -0.123. The number of guanidine groups is 1. The maximum atomic E-state index is 13.2. The number of rotatable bonds is 8. The molecule has 8 heteroatoms. The van der Waals surface area contributed by atoms with Crippen LogP contribution in [0.3, 0.4) is 0 Å². The Balaban J connectivity index is 1.38. The van der Waals surface area contributed by atoms with Crippen LogP contribution in [0.4, 0.5) is 10.1 Å². The Kier molecular flexibility index (Phi) is 8.94. The van der Waals surface area contributed by atoms with Crippen LogP contribution < -0.4 is 16.0 Å². The van der Waals surface area contributed by atoms with E-state index in [1.807, 2.05) is 12.1 Å². The van der Waals surface area contributed by atoms with E-state index in [1.54, 1.807) is 0 Å².